The number of allylic oxidation sites excluding steroid dienone is 4. The van der Waals surface area contributed by atoms with Crippen LogP contribution in [0.1, 0.15) is 127 Å². The van der Waals surface area contributed by atoms with Gasteiger partial charge in [-0.3, -0.25) is 14.4 Å². The average Bonchev–Trinajstić information content (AvgIpc) is 2.87. The van der Waals surface area contributed by atoms with Crippen LogP contribution in [0.5, 0.6) is 0 Å². The first-order chi connectivity index (χ1) is 18.9. The van der Waals surface area contributed by atoms with Gasteiger partial charge in [-0.15, -0.1) is 0 Å². The summed E-state index contributed by atoms with van der Waals surface area (Å²) in [6.07, 6.45) is 13.0. The molecular weight excluding hydrogens is 508 g/mol. The SMILES string of the molecule is CCNC(=O)CC[C@]1(CC[C@]2(C)CC(=O)C=C3[C@@]4(C)C=C(C#N)C(=O)C(C)(C)[C@@H]4CC[C@]32C)CCC(C)(C)CC1C. The number of nitrogens with zero attached hydrogens (tertiary/aromatic N) is 1. The van der Waals surface area contributed by atoms with Crippen LogP contribution >= 0.6 is 0 Å². The maximum Gasteiger partial charge on any atom is 0.220 e. The number of Topliss-reactive ketones (excluding diaryl/α,β-unsaturated/α-hetero) is 1. The van der Waals surface area contributed by atoms with Crippen LogP contribution in [0.25, 0.3) is 0 Å². The summed E-state index contributed by atoms with van der Waals surface area (Å²) in [5.41, 5.74) is 0.149. The molecule has 0 saturated heterocycles. The lowest BCUT2D eigenvalue weighted by Gasteiger charge is -2.63. The van der Waals surface area contributed by atoms with Crippen molar-refractivity contribution in [2.24, 2.45) is 44.3 Å². The van der Waals surface area contributed by atoms with Gasteiger partial charge in [0.15, 0.2) is 11.6 Å². The largest absolute Gasteiger partial charge is 0.356 e. The number of hydrogen-bond donors (Lipinski definition) is 1. The predicted molar refractivity (Wildman–Crippen MR) is 164 cm³/mol. The summed E-state index contributed by atoms with van der Waals surface area (Å²) < 4.78 is 0. The Balaban J connectivity index is 1.70. The summed E-state index contributed by atoms with van der Waals surface area (Å²) in [5.74, 6) is 0.794. The molecule has 0 bridgehead atoms. The number of hydrogen-bond acceptors (Lipinski definition) is 4. The summed E-state index contributed by atoms with van der Waals surface area (Å²) in [6.45, 7) is 20.6. The van der Waals surface area contributed by atoms with Gasteiger partial charge in [0.1, 0.15) is 6.07 Å². The third-order valence-corrected chi connectivity index (χ3v) is 12.9. The van der Waals surface area contributed by atoms with Crippen LogP contribution in [0.4, 0.5) is 0 Å². The zero-order valence-corrected chi connectivity index (χ0v) is 27.3. The normalized spacial score (nSPS) is 39.5. The molecule has 6 atom stereocenters. The third kappa shape index (κ3) is 5.16. The highest BCUT2D eigenvalue weighted by Crippen LogP contribution is 2.69. The van der Waals surface area contributed by atoms with Gasteiger partial charge in [-0.05, 0) is 97.9 Å². The summed E-state index contributed by atoms with van der Waals surface area (Å²) in [5, 5.41) is 12.9. The van der Waals surface area contributed by atoms with Crippen molar-refractivity contribution < 1.29 is 14.4 Å². The lowest BCUT2D eigenvalue weighted by molar-refractivity contribution is -0.133. The molecule has 4 rings (SSSR count). The second kappa shape index (κ2) is 10.5. The number of rotatable bonds is 7. The number of nitriles is 1. The summed E-state index contributed by atoms with van der Waals surface area (Å²) >= 11 is 0. The van der Waals surface area contributed by atoms with E-state index in [9.17, 15) is 19.6 Å². The van der Waals surface area contributed by atoms with Crippen molar-refractivity contribution >= 4 is 17.5 Å². The third-order valence-electron chi connectivity index (χ3n) is 12.9. The maximum atomic E-state index is 13.6. The Kier molecular flexibility index (Phi) is 8.12. The van der Waals surface area contributed by atoms with Crippen molar-refractivity contribution in [1.29, 1.82) is 5.26 Å². The fourth-order valence-electron chi connectivity index (χ4n) is 10.0. The van der Waals surface area contributed by atoms with Crippen molar-refractivity contribution in [1.82, 2.24) is 5.32 Å². The lowest BCUT2D eigenvalue weighted by atomic mass is 9.40. The minimum Gasteiger partial charge on any atom is -0.356 e. The second-order valence-corrected chi connectivity index (χ2v) is 16.3. The molecule has 0 radical (unpaired) electrons. The fraction of sp³-hybridized carbons (Fsp3) is 0.778. The standard InChI is InChI=1S/C36H54N2O3/c1-10-38-29(40)12-14-36(17-15-31(3,4)20-24(36)2)18-16-33(7)22-26(39)19-28-34(8)21-25(23-37)30(41)32(5,6)27(34)11-13-35(28,33)9/h19,21,24,27H,10-18,20,22H2,1-9H3,(H,38,40)/t24?,27-,33+,34-,35+,36+/m0/s1. The highest BCUT2D eigenvalue weighted by molar-refractivity contribution is 6.04. The number of amides is 1. The van der Waals surface area contributed by atoms with Crippen LogP contribution in [0.2, 0.25) is 0 Å². The predicted octanol–water partition coefficient (Wildman–Crippen LogP) is 7.90. The number of carbonyl (C=O) groups excluding carboxylic acids is 3. The van der Waals surface area contributed by atoms with Crippen molar-refractivity contribution in [2.75, 3.05) is 6.54 Å². The Morgan fingerprint density at radius 2 is 1.71 bits per heavy atom. The molecule has 226 valence electrons. The first kappa shape index (κ1) is 31.7. The number of carbonyl (C=O) groups is 3. The topological polar surface area (TPSA) is 87.0 Å². The Labute approximate surface area is 249 Å². The van der Waals surface area contributed by atoms with Gasteiger partial charge in [0.05, 0.1) is 5.57 Å². The molecule has 5 heteroatoms. The van der Waals surface area contributed by atoms with Crippen LogP contribution < -0.4 is 5.32 Å². The second-order valence-electron chi connectivity index (χ2n) is 16.3. The number of nitrogens with one attached hydrogen (secondary N) is 1. The van der Waals surface area contributed by atoms with Crippen LogP contribution in [0.3, 0.4) is 0 Å². The van der Waals surface area contributed by atoms with Crippen LogP contribution in [0.15, 0.2) is 23.3 Å². The summed E-state index contributed by atoms with van der Waals surface area (Å²) in [7, 11) is 0. The van der Waals surface area contributed by atoms with Gasteiger partial charge in [-0.1, -0.05) is 67.0 Å². The van der Waals surface area contributed by atoms with Crippen molar-refractivity contribution in [2.45, 2.75) is 127 Å². The van der Waals surface area contributed by atoms with Gasteiger partial charge in [-0.25, -0.2) is 0 Å². The maximum absolute atomic E-state index is 13.6. The molecule has 0 heterocycles. The van der Waals surface area contributed by atoms with Gasteiger partial charge >= 0.3 is 0 Å². The van der Waals surface area contributed by atoms with Crippen molar-refractivity contribution in [3.8, 4) is 6.07 Å². The van der Waals surface area contributed by atoms with Crippen LogP contribution in [0, 0.1) is 55.7 Å². The van der Waals surface area contributed by atoms with E-state index < -0.39 is 10.8 Å². The molecule has 0 aromatic heterocycles. The molecule has 2 fully saturated rings. The Morgan fingerprint density at radius 3 is 2.32 bits per heavy atom. The molecule has 2 saturated carbocycles. The van der Waals surface area contributed by atoms with E-state index in [0.29, 0.717) is 30.7 Å². The molecule has 0 aromatic carbocycles. The average molecular weight is 563 g/mol. The highest BCUT2D eigenvalue weighted by atomic mass is 16.1. The van der Waals surface area contributed by atoms with E-state index in [0.717, 1.165) is 56.9 Å². The summed E-state index contributed by atoms with van der Waals surface area (Å²) in [6, 6.07) is 2.19. The molecule has 4 aliphatic rings. The molecule has 41 heavy (non-hydrogen) atoms. The molecule has 5 nitrogen and oxygen atoms in total. The Bertz CT molecular complexity index is 1220. The van der Waals surface area contributed by atoms with Gasteiger partial charge in [0.2, 0.25) is 5.91 Å². The van der Waals surface area contributed by atoms with E-state index in [-0.39, 0.29) is 45.2 Å². The van der Waals surface area contributed by atoms with Gasteiger partial charge in [-0.2, -0.15) is 5.26 Å². The van der Waals surface area contributed by atoms with E-state index in [4.69, 9.17) is 0 Å². The molecular formula is C36H54N2O3. The first-order valence-corrected chi connectivity index (χ1v) is 16.1. The van der Waals surface area contributed by atoms with Crippen molar-refractivity contribution in [3.63, 3.8) is 0 Å². The van der Waals surface area contributed by atoms with Gasteiger partial charge in [0.25, 0.3) is 0 Å². The Morgan fingerprint density at radius 1 is 1.02 bits per heavy atom. The van der Waals surface area contributed by atoms with Crippen LogP contribution in [-0.2, 0) is 14.4 Å². The molecule has 1 amide bonds. The van der Waals surface area contributed by atoms with Gasteiger partial charge < -0.3 is 5.32 Å². The van der Waals surface area contributed by atoms with Gasteiger partial charge in [0, 0.05) is 30.2 Å². The minimum absolute atomic E-state index is 0.0538. The molecule has 1 unspecified atom stereocenters. The van der Waals surface area contributed by atoms with E-state index in [1.165, 1.54) is 0 Å². The monoisotopic (exact) mass is 562 g/mol. The number of fused-ring (bicyclic) bond motifs is 3. The zero-order chi connectivity index (χ0) is 30.6. The smallest absolute Gasteiger partial charge is 0.220 e. The Hall–Kier alpha value is -2.22. The van der Waals surface area contributed by atoms with E-state index in [2.05, 4.69) is 52.9 Å². The first-order valence-electron chi connectivity index (χ1n) is 16.1. The molecule has 0 spiro atoms. The summed E-state index contributed by atoms with van der Waals surface area (Å²) in [4.78, 5) is 39.4. The van der Waals surface area contributed by atoms with E-state index >= 15 is 0 Å². The van der Waals surface area contributed by atoms with E-state index in [1.54, 1.807) is 0 Å². The van der Waals surface area contributed by atoms with Crippen LogP contribution in [-0.4, -0.2) is 24.0 Å². The zero-order valence-electron chi connectivity index (χ0n) is 27.3. The quantitative estimate of drug-likeness (QED) is 0.342. The van der Waals surface area contributed by atoms with Crippen molar-refractivity contribution in [3.05, 3.63) is 23.3 Å². The molecule has 0 aliphatic heterocycles. The highest BCUT2D eigenvalue weighted by Gasteiger charge is 2.63. The van der Waals surface area contributed by atoms with E-state index in [1.807, 2.05) is 32.9 Å². The molecule has 1 N–H and O–H groups in total. The number of ketones is 2. The fourth-order valence-corrected chi connectivity index (χ4v) is 10.0. The minimum atomic E-state index is -0.652. The molecule has 4 aliphatic carbocycles. The molecule has 0 aromatic rings. The lowest BCUT2D eigenvalue weighted by Crippen LogP contribution is -2.58.